The van der Waals surface area contributed by atoms with E-state index in [1.54, 1.807) is 0 Å². The molecule has 18 heavy (non-hydrogen) atoms. The number of rotatable bonds is 2. The highest BCUT2D eigenvalue weighted by atomic mass is 16.5. The van der Waals surface area contributed by atoms with Crippen LogP contribution in [-0.2, 0) is 5.41 Å². The lowest BCUT2D eigenvalue weighted by Crippen LogP contribution is -2.43. The molecule has 0 unspecified atom stereocenters. The summed E-state index contributed by atoms with van der Waals surface area (Å²) in [5, 5.41) is 15.3. The van der Waals surface area contributed by atoms with Crippen LogP contribution in [0.4, 0.5) is 0 Å². The van der Waals surface area contributed by atoms with Gasteiger partial charge in [-0.15, -0.1) is 5.10 Å². The van der Waals surface area contributed by atoms with Crippen LogP contribution in [-0.4, -0.2) is 38.2 Å². The third-order valence-electron chi connectivity index (χ3n) is 2.96. The minimum atomic E-state index is -0.129. The van der Waals surface area contributed by atoms with Crippen LogP contribution in [0.5, 0.6) is 0 Å². The van der Waals surface area contributed by atoms with Crippen molar-refractivity contribution in [2.75, 3.05) is 13.1 Å². The molecular formula is C11H16N6O. The van der Waals surface area contributed by atoms with Gasteiger partial charge in [-0.3, -0.25) is 0 Å². The molecule has 7 nitrogen and oxygen atoms in total. The molecule has 2 aromatic heterocycles. The van der Waals surface area contributed by atoms with Gasteiger partial charge in [-0.25, -0.2) is 4.68 Å². The molecule has 0 bridgehead atoms. The Hall–Kier alpha value is -1.76. The Morgan fingerprint density at radius 2 is 2.17 bits per heavy atom. The molecule has 1 fully saturated rings. The topological polar surface area (TPSA) is 81.7 Å². The highest BCUT2D eigenvalue weighted by molar-refractivity contribution is 5.43. The standard InChI is InChI=1S/C11H16N6O/c1-11(2,3)10-13-9(18-15-10)8-6-17(16-14-8)7-4-12-5-7/h6-7,12H,4-5H2,1-3H3. The number of nitrogens with one attached hydrogen (secondary N) is 1. The fourth-order valence-corrected chi connectivity index (χ4v) is 1.65. The molecule has 0 aromatic carbocycles. The van der Waals surface area contributed by atoms with Crippen molar-refractivity contribution in [3.63, 3.8) is 0 Å². The second-order valence-corrected chi connectivity index (χ2v) is 5.57. The van der Waals surface area contributed by atoms with Crippen LogP contribution in [0.15, 0.2) is 10.7 Å². The third-order valence-corrected chi connectivity index (χ3v) is 2.96. The maximum atomic E-state index is 5.23. The smallest absolute Gasteiger partial charge is 0.280 e. The van der Waals surface area contributed by atoms with E-state index < -0.39 is 0 Å². The van der Waals surface area contributed by atoms with Gasteiger partial charge in [0.05, 0.1) is 12.2 Å². The predicted molar refractivity (Wildman–Crippen MR) is 63.9 cm³/mol. The summed E-state index contributed by atoms with van der Waals surface area (Å²) < 4.78 is 7.07. The van der Waals surface area contributed by atoms with Gasteiger partial charge in [-0.05, 0) is 0 Å². The Labute approximate surface area is 105 Å². The summed E-state index contributed by atoms with van der Waals surface area (Å²) in [5.41, 5.74) is 0.500. The molecule has 0 saturated carbocycles. The summed E-state index contributed by atoms with van der Waals surface area (Å²) in [6.07, 6.45) is 1.85. The number of hydrogen-bond donors (Lipinski definition) is 1. The second-order valence-electron chi connectivity index (χ2n) is 5.57. The molecule has 1 aliphatic rings. The van der Waals surface area contributed by atoms with Crippen LogP contribution in [0.3, 0.4) is 0 Å². The van der Waals surface area contributed by atoms with Gasteiger partial charge < -0.3 is 9.84 Å². The normalized spacial score (nSPS) is 16.8. The van der Waals surface area contributed by atoms with Gasteiger partial charge in [0, 0.05) is 18.5 Å². The number of nitrogens with zero attached hydrogens (tertiary/aromatic N) is 5. The largest absolute Gasteiger partial charge is 0.332 e. The number of aromatic nitrogens is 5. The van der Waals surface area contributed by atoms with Gasteiger partial charge >= 0.3 is 0 Å². The van der Waals surface area contributed by atoms with Gasteiger partial charge in [-0.2, -0.15) is 4.98 Å². The van der Waals surface area contributed by atoms with Gasteiger partial charge in [0.25, 0.3) is 5.89 Å². The second kappa shape index (κ2) is 3.88. The summed E-state index contributed by atoms with van der Waals surface area (Å²) in [4.78, 5) is 4.36. The number of hydrogen-bond acceptors (Lipinski definition) is 6. The Morgan fingerprint density at radius 3 is 2.72 bits per heavy atom. The van der Waals surface area contributed by atoms with E-state index >= 15 is 0 Å². The summed E-state index contributed by atoms with van der Waals surface area (Å²) in [7, 11) is 0. The van der Waals surface area contributed by atoms with Crippen molar-refractivity contribution >= 4 is 0 Å². The van der Waals surface area contributed by atoms with Crippen molar-refractivity contribution < 1.29 is 4.52 Å². The zero-order chi connectivity index (χ0) is 12.8. The fourth-order valence-electron chi connectivity index (χ4n) is 1.65. The summed E-state index contributed by atoms with van der Waals surface area (Å²) in [6.45, 7) is 7.98. The molecule has 1 saturated heterocycles. The predicted octanol–water partition coefficient (Wildman–Crippen LogP) is 0.770. The van der Waals surface area contributed by atoms with E-state index in [2.05, 4.69) is 25.8 Å². The van der Waals surface area contributed by atoms with E-state index in [4.69, 9.17) is 4.52 Å². The van der Waals surface area contributed by atoms with Crippen molar-refractivity contribution in [3.8, 4) is 11.6 Å². The Morgan fingerprint density at radius 1 is 1.39 bits per heavy atom. The van der Waals surface area contributed by atoms with Crippen molar-refractivity contribution in [3.05, 3.63) is 12.0 Å². The SMILES string of the molecule is CC(C)(C)c1noc(-c2cn(C3CNC3)nn2)n1. The van der Waals surface area contributed by atoms with Gasteiger partial charge in [-0.1, -0.05) is 31.1 Å². The Bertz CT molecular complexity index is 548. The van der Waals surface area contributed by atoms with Gasteiger partial charge in [0.15, 0.2) is 11.5 Å². The minimum absolute atomic E-state index is 0.129. The molecule has 0 amide bonds. The fraction of sp³-hybridized carbons (Fsp3) is 0.636. The van der Waals surface area contributed by atoms with Crippen LogP contribution in [0.1, 0.15) is 32.6 Å². The van der Waals surface area contributed by atoms with Crippen molar-refractivity contribution in [1.29, 1.82) is 0 Å². The molecule has 96 valence electrons. The molecular weight excluding hydrogens is 232 g/mol. The average molecular weight is 248 g/mol. The molecule has 3 heterocycles. The van der Waals surface area contributed by atoms with Crippen molar-refractivity contribution in [2.45, 2.75) is 32.2 Å². The monoisotopic (exact) mass is 248 g/mol. The zero-order valence-corrected chi connectivity index (χ0v) is 10.7. The lowest BCUT2D eigenvalue weighted by atomic mass is 9.96. The molecule has 0 radical (unpaired) electrons. The minimum Gasteiger partial charge on any atom is -0.332 e. The van der Waals surface area contributed by atoms with E-state index in [1.165, 1.54) is 0 Å². The summed E-state index contributed by atoms with van der Waals surface area (Å²) in [5.74, 6) is 1.11. The van der Waals surface area contributed by atoms with E-state index in [-0.39, 0.29) is 5.41 Å². The first-order chi connectivity index (χ1) is 8.54. The summed E-state index contributed by atoms with van der Waals surface area (Å²) >= 11 is 0. The van der Waals surface area contributed by atoms with Crippen LogP contribution in [0.2, 0.25) is 0 Å². The van der Waals surface area contributed by atoms with Gasteiger partial charge in [0.2, 0.25) is 0 Å². The molecule has 7 heteroatoms. The molecule has 0 aliphatic carbocycles. The quantitative estimate of drug-likeness (QED) is 0.845. The van der Waals surface area contributed by atoms with Gasteiger partial charge in [0.1, 0.15) is 0 Å². The maximum Gasteiger partial charge on any atom is 0.280 e. The first-order valence-electron chi connectivity index (χ1n) is 6.01. The molecule has 3 rings (SSSR count). The average Bonchev–Trinajstić information content (AvgIpc) is 2.78. The van der Waals surface area contributed by atoms with E-state index in [0.717, 1.165) is 13.1 Å². The first-order valence-corrected chi connectivity index (χ1v) is 6.01. The van der Waals surface area contributed by atoms with Crippen molar-refractivity contribution in [1.82, 2.24) is 30.5 Å². The Kier molecular flexibility index (Phi) is 2.44. The first kappa shape index (κ1) is 11.3. The zero-order valence-electron chi connectivity index (χ0n) is 10.7. The highest BCUT2D eigenvalue weighted by Gasteiger charge is 2.24. The van der Waals surface area contributed by atoms with E-state index in [1.807, 2.05) is 31.6 Å². The maximum absolute atomic E-state index is 5.23. The van der Waals surface area contributed by atoms with Crippen LogP contribution < -0.4 is 5.32 Å². The van der Waals surface area contributed by atoms with E-state index in [9.17, 15) is 0 Å². The molecule has 0 spiro atoms. The van der Waals surface area contributed by atoms with Crippen LogP contribution in [0.25, 0.3) is 11.6 Å². The Balaban J connectivity index is 1.85. The van der Waals surface area contributed by atoms with E-state index in [0.29, 0.717) is 23.5 Å². The highest BCUT2D eigenvalue weighted by Crippen LogP contribution is 2.22. The molecule has 1 N–H and O–H groups in total. The summed E-state index contributed by atoms with van der Waals surface area (Å²) in [6, 6.07) is 0.385. The molecule has 0 atom stereocenters. The lowest BCUT2D eigenvalue weighted by Gasteiger charge is -2.26. The van der Waals surface area contributed by atoms with Crippen LogP contribution >= 0.6 is 0 Å². The molecule has 2 aromatic rings. The lowest BCUT2D eigenvalue weighted by molar-refractivity contribution is 0.313. The van der Waals surface area contributed by atoms with Crippen LogP contribution in [0, 0.1) is 0 Å². The third kappa shape index (κ3) is 1.90. The molecule has 1 aliphatic heterocycles. The van der Waals surface area contributed by atoms with Crippen molar-refractivity contribution in [2.24, 2.45) is 0 Å².